The summed E-state index contributed by atoms with van der Waals surface area (Å²) in [5, 5.41) is 16.8. The van der Waals surface area contributed by atoms with E-state index < -0.39 is 5.97 Å². The molecule has 8 nitrogen and oxygen atoms in total. The van der Waals surface area contributed by atoms with Crippen LogP contribution >= 0.6 is 0 Å². The molecule has 6 aromatic carbocycles. The molecule has 0 aliphatic heterocycles. The number of carboxylic acid groups (broad SMARTS) is 1. The van der Waals surface area contributed by atoms with Crippen LogP contribution in [0.15, 0.2) is 170 Å². The molecule has 0 atom stereocenters. The summed E-state index contributed by atoms with van der Waals surface area (Å²) in [7, 11) is 0. The topological polar surface area (TPSA) is 119 Å². The van der Waals surface area contributed by atoms with Crippen molar-refractivity contribution in [1.82, 2.24) is 0 Å². The van der Waals surface area contributed by atoms with Crippen molar-refractivity contribution in [2.75, 3.05) is 26.4 Å². The first-order chi connectivity index (χ1) is 44.0. The van der Waals surface area contributed by atoms with Gasteiger partial charge in [-0.2, -0.15) is 0 Å². The summed E-state index contributed by atoms with van der Waals surface area (Å²) in [4.78, 5) is 32.4. The van der Waals surface area contributed by atoms with Crippen LogP contribution in [0.2, 0.25) is 0 Å². The zero-order chi connectivity index (χ0) is 65.9. The van der Waals surface area contributed by atoms with Crippen LogP contribution in [0.1, 0.15) is 209 Å². The number of ether oxygens (including phenoxy) is 3. The molecule has 0 spiro atoms. The molecule has 2 N–H and O–H groups in total. The molecule has 0 fully saturated rings. The highest BCUT2D eigenvalue weighted by Crippen LogP contribution is 2.22. The van der Waals surface area contributed by atoms with E-state index >= 15 is 0 Å². The van der Waals surface area contributed by atoms with E-state index in [0.29, 0.717) is 31.0 Å². The standard InChI is InChI=1S/C42H54O4.C37H52O2.C4H6O2/c1-32(2)41(43)45-29-11-7-6-9-13-35-17-21-38(22-18-35)25-27-40-28-26-39(31-34(40)5)24-23-37-19-15-36(16-20-37)14-10-8-12-30-46-42(44)33(3)4;1-3-4-5-6-9-12-29-39-37-26-22-34(23-27-37)18-19-35-21-25-36(31(2)30-35)24-20-33-16-14-32(15-17-33)13-10-7-8-11-28-38;1-3(2)4(5)6/h15-22,26,28,31H,1,3,6-14,23-25,27,29-30H2,2,4-5H3;14-17,21-23,25-27,30,38H,3-13,18-20,24,28-29H2,1-2H3;1H2,2H3,(H,5,6). The largest absolute Gasteiger partial charge is 0.494 e. The maximum Gasteiger partial charge on any atom is 0.333 e. The molecule has 0 radical (unpaired) electrons. The molecule has 492 valence electrons. The van der Waals surface area contributed by atoms with Gasteiger partial charge >= 0.3 is 17.9 Å². The second-order valence-corrected chi connectivity index (χ2v) is 25.0. The number of hydrogen-bond acceptors (Lipinski definition) is 7. The fourth-order valence-corrected chi connectivity index (χ4v) is 10.7. The van der Waals surface area contributed by atoms with Gasteiger partial charge in [0.15, 0.2) is 0 Å². The van der Waals surface area contributed by atoms with E-state index in [1.165, 1.54) is 124 Å². The van der Waals surface area contributed by atoms with Crippen molar-refractivity contribution in [2.45, 2.75) is 221 Å². The highest BCUT2D eigenvalue weighted by Gasteiger charge is 2.09. The Morgan fingerprint density at radius 2 is 0.637 bits per heavy atom. The molecule has 8 heteroatoms. The minimum absolute atomic E-state index is 0.176. The number of unbranched alkanes of at least 4 members (excludes halogenated alkanes) is 13. The average molecular weight is 1240 g/mol. The van der Waals surface area contributed by atoms with E-state index in [-0.39, 0.29) is 17.5 Å². The molecule has 0 amide bonds. The summed E-state index contributed by atoms with van der Waals surface area (Å²) in [6, 6.07) is 50.1. The first-order valence-electron chi connectivity index (χ1n) is 34.3. The van der Waals surface area contributed by atoms with Gasteiger partial charge in [-0.25, -0.2) is 14.4 Å². The van der Waals surface area contributed by atoms with Crippen LogP contribution in [-0.4, -0.2) is 54.5 Å². The van der Waals surface area contributed by atoms with Crippen LogP contribution in [0.25, 0.3) is 0 Å². The Morgan fingerprint density at radius 3 is 0.989 bits per heavy atom. The Kier molecular flexibility index (Phi) is 38.4. The molecule has 0 saturated carbocycles. The van der Waals surface area contributed by atoms with Gasteiger partial charge in [-0.3, -0.25) is 0 Å². The molecule has 0 aliphatic rings. The summed E-state index contributed by atoms with van der Waals surface area (Å²) in [5.74, 6) is -0.521. The lowest BCUT2D eigenvalue weighted by Gasteiger charge is -2.10. The second-order valence-electron chi connectivity index (χ2n) is 25.0. The number of aliphatic hydroxyl groups excluding tert-OH is 1. The van der Waals surface area contributed by atoms with Crippen molar-refractivity contribution in [2.24, 2.45) is 0 Å². The first kappa shape index (κ1) is 76.2. The van der Waals surface area contributed by atoms with Crippen LogP contribution < -0.4 is 4.74 Å². The highest BCUT2D eigenvalue weighted by molar-refractivity contribution is 5.87. The third-order valence-corrected chi connectivity index (χ3v) is 16.7. The molecular weight excluding hydrogens is 1120 g/mol. The number of esters is 2. The Hall–Kier alpha value is -7.29. The SMILES string of the molecule is C=C(C)C(=O)O.C=C(C)C(=O)OCCCCCCc1ccc(CCc2ccc(CCc3ccc(CCCCCOC(=O)C(=C)C)cc3)cc2C)cc1.CCCCCCCCOc1ccc(CCc2ccc(CCc3ccc(CCCCCCO)cc3)c(C)c2)cc1. The van der Waals surface area contributed by atoms with Crippen molar-refractivity contribution in [3.8, 4) is 5.75 Å². The van der Waals surface area contributed by atoms with E-state index in [0.717, 1.165) is 147 Å². The zero-order valence-corrected chi connectivity index (χ0v) is 56.8. The van der Waals surface area contributed by atoms with Crippen molar-refractivity contribution in [3.63, 3.8) is 0 Å². The molecule has 0 unspecified atom stereocenters. The maximum absolute atomic E-state index is 11.4. The monoisotopic (exact) mass is 1240 g/mol. The fraction of sp³-hybridized carbons (Fsp3) is 0.458. The van der Waals surface area contributed by atoms with Gasteiger partial charge < -0.3 is 24.4 Å². The summed E-state index contributed by atoms with van der Waals surface area (Å²) in [6.07, 6.45) is 31.4. The van der Waals surface area contributed by atoms with Crippen LogP contribution in [0.3, 0.4) is 0 Å². The number of aryl methyl sites for hydroxylation is 13. The smallest absolute Gasteiger partial charge is 0.333 e. The van der Waals surface area contributed by atoms with Gasteiger partial charge in [0.2, 0.25) is 0 Å². The van der Waals surface area contributed by atoms with Gasteiger partial charge in [-0.15, -0.1) is 0 Å². The normalized spacial score (nSPS) is 10.8. The predicted octanol–water partition coefficient (Wildman–Crippen LogP) is 19.7. The molecule has 0 bridgehead atoms. The second kappa shape index (κ2) is 45.9. The number of carbonyl (C=O) groups excluding carboxylic acids is 2. The summed E-state index contributed by atoms with van der Waals surface area (Å²) < 4.78 is 16.3. The Bertz CT molecular complexity index is 3030. The van der Waals surface area contributed by atoms with Gasteiger partial charge in [0.25, 0.3) is 0 Å². The third-order valence-electron chi connectivity index (χ3n) is 16.7. The number of rotatable bonds is 42. The van der Waals surface area contributed by atoms with E-state index in [1.807, 2.05) is 0 Å². The first-order valence-corrected chi connectivity index (χ1v) is 34.3. The third kappa shape index (κ3) is 34.1. The van der Waals surface area contributed by atoms with Crippen molar-refractivity contribution in [1.29, 1.82) is 0 Å². The number of aliphatic carboxylic acids is 1. The van der Waals surface area contributed by atoms with E-state index in [9.17, 15) is 14.4 Å². The quantitative estimate of drug-likeness (QED) is 0.0221. The van der Waals surface area contributed by atoms with Gasteiger partial charge in [0, 0.05) is 23.3 Å². The molecule has 6 aromatic rings. The molecule has 0 heterocycles. The Balaban J connectivity index is 0.000000360. The van der Waals surface area contributed by atoms with E-state index in [2.05, 4.69) is 174 Å². The van der Waals surface area contributed by atoms with Crippen LogP contribution in [0.5, 0.6) is 5.75 Å². The molecule has 0 saturated heterocycles. The zero-order valence-electron chi connectivity index (χ0n) is 56.8. The highest BCUT2D eigenvalue weighted by atomic mass is 16.5. The maximum atomic E-state index is 11.4. The van der Waals surface area contributed by atoms with Crippen LogP contribution in [-0.2, 0) is 94.5 Å². The molecular formula is C83H112O8. The molecule has 6 rings (SSSR count). The number of carboxylic acids is 1. The molecule has 91 heavy (non-hydrogen) atoms. The summed E-state index contributed by atoms with van der Waals surface area (Å²) >= 11 is 0. The summed E-state index contributed by atoms with van der Waals surface area (Å²) in [6.45, 7) is 24.0. The van der Waals surface area contributed by atoms with Crippen molar-refractivity contribution >= 4 is 17.9 Å². The Morgan fingerprint density at radius 1 is 0.352 bits per heavy atom. The van der Waals surface area contributed by atoms with Gasteiger partial charge in [-0.1, -0.05) is 206 Å². The fourth-order valence-electron chi connectivity index (χ4n) is 10.7. The van der Waals surface area contributed by atoms with Gasteiger partial charge in [0.1, 0.15) is 5.75 Å². The van der Waals surface area contributed by atoms with Gasteiger partial charge in [0.05, 0.1) is 19.8 Å². The lowest BCUT2D eigenvalue weighted by Crippen LogP contribution is -2.06. The minimum atomic E-state index is -0.935. The van der Waals surface area contributed by atoms with Gasteiger partial charge in [-0.05, 0) is 241 Å². The minimum Gasteiger partial charge on any atom is -0.494 e. The molecule has 0 aromatic heterocycles. The number of aliphatic hydroxyl groups is 1. The average Bonchev–Trinajstić information content (AvgIpc) is 2.48. The Labute approximate surface area is 549 Å². The summed E-state index contributed by atoms with van der Waals surface area (Å²) in [5.41, 5.74) is 19.3. The molecule has 0 aliphatic carbocycles. The number of hydrogen-bond donors (Lipinski definition) is 2. The number of carbonyl (C=O) groups is 3. The lowest BCUT2D eigenvalue weighted by atomic mass is 9.95. The lowest BCUT2D eigenvalue weighted by molar-refractivity contribution is -0.139. The van der Waals surface area contributed by atoms with E-state index in [4.69, 9.17) is 24.4 Å². The van der Waals surface area contributed by atoms with Crippen LogP contribution in [0, 0.1) is 13.8 Å². The van der Waals surface area contributed by atoms with Crippen molar-refractivity contribution in [3.05, 3.63) is 242 Å². The van der Waals surface area contributed by atoms with Crippen LogP contribution in [0.4, 0.5) is 0 Å². The predicted molar refractivity (Wildman–Crippen MR) is 380 cm³/mol. The van der Waals surface area contributed by atoms with E-state index in [1.54, 1.807) is 13.8 Å². The number of benzene rings is 6. The van der Waals surface area contributed by atoms with Crippen molar-refractivity contribution < 1.29 is 38.8 Å².